The van der Waals surface area contributed by atoms with Gasteiger partial charge in [-0.3, -0.25) is 14.7 Å². The lowest BCUT2D eigenvalue weighted by atomic mass is 10.1. The van der Waals surface area contributed by atoms with Crippen molar-refractivity contribution in [3.8, 4) is 11.8 Å². The minimum atomic E-state index is -4.54. The molecular weight excluding hydrogens is 519 g/mol. The van der Waals surface area contributed by atoms with E-state index in [1.807, 2.05) is 20.9 Å². The standard InChI is InChI=1S/C27H24F3N7O.C2H6/c1-35-7-9-36(10-8-35)18-20-12-22(27(28,29)30)14-23(13-20)34-26(38)21-11-19(15-31-16-21)4-5-24-17-32-25-3-2-6-33-37(24)25;1-2/h2-3,6,11-17H,7-10,18H2,1H3,(H,34,38);1-2H3. The quantitative estimate of drug-likeness (QED) is 0.376. The summed E-state index contributed by atoms with van der Waals surface area (Å²) in [5.74, 6) is 5.31. The van der Waals surface area contributed by atoms with Gasteiger partial charge >= 0.3 is 6.18 Å². The van der Waals surface area contributed by atoms with E-state index in [0.717, 1.165) is 38.3 Å². The van der Waals surface area contributed by atoms with Crippen LogP contribution in [0.5, 0.6) is 0 Å². The van der Waals surface area contributed by atoms with Crippen LogP contribution in [0.2, 0.25) is 0 Å². The van der Waals surface area contributed by atoms with Crippen LogP contribution in [0.15, 0.2) is 61.2 Å². The van der Waals surface area contributed by atoms with Crippen molar-refractivity contribution in [3.63, 3.8) is 0 Å². The van der Waals surface area contributed by atoms with E-state index < -0.39 is 17.6 Å². The molecule has 4 aromatic rings. The van der Waals surface area contributed by atoms with Crippen LogP contribution >= 0.6 is 0 Å². The van der Waals surface area contributed by atoms with E-state index in [0.29, 0.717) is 29.0 Å². The minimum absolute atomic E-state index is 0.0715. The molecule has 1 N–H and O–H groups in total. The molecule has 8 nitrogen and oxygen atoms in total. The Morgan fingerprint density at radius 2 is 1.80 bits per heavy atom. The number of imidazole rings is 1. The summed E-state index contributed by atoms with van der Waals surface area (Å²) in [6.07, 6.45) is 1.51. The van der Waals surface area contributed by atoms with Crippen molar-refractivity contribution in [1.82, 2.24) is 29.4 Å². The number of pyridine rings is 1. The summed E-state index contributed by atoms with van der Waals surface area (Å²) < 4.78 is 42.5. The maximum absolute atomic E-state index is 13.6. The highest BCUT2D eigenvalue weighted by molar-refractivity contribution is 6.04. The van der Waals surface area contributed by atoms with E-state index in [1.165, 1.54) is 18.5 Å². The second-order valence-corrected chi connectivity index (χ2v) is 9.10. The molecule has 40 heavy (non-hydrogen) atoms. The van der Waals surface area contributed by atoms with Gasteiger partial charge in [-0.25, -0.2) is 9.50 Å². The summed E-state index contributed by atoms with van der Waals surface area (Å²) in [5, 5.41) is 6.80. The molecule has 1 aliphatic heterocycles. The Kier molecular flexibility index (Phi) is 9.14. The highest BCUT2D eigenvalue weighted by Crippen LogP contribution is 2.32. The van der Waals surface area contributed by atoms with E-state index in [2.05, 4.69) is 42.0 Å². The Labute approximate surface area is 230 Å². The number of likely N-dealkylation sites (N-methyl/N-ethyl adjacent to an activating group) is 1. The smallest absolute Gasteiger partial charge is 0.322 e. The molecule has 5 rings (SSSR count). The van der Waals surface area contributed by atoms with Crippen LogP contribution in [0.3, 0.4) is 0 Å². The van der Waals surface area contributed by atoms with Crippen LogP contribution in [-0.2, 0) is 12.7 Å². The molecule has 3 aromatic heterocycles. The number of amides is 1. The van der Waals surface area contributed by atoms with Crippen LogP contribution < -0.4 is 5.32 Å². The number of carbonyl (C=O) groups excluding carboxylic acids is 1. The fourth-order valence-electron chi connectivity index (χ4n) is 4.17. The number of carbonyl (C=O) groups is 1. The van der Waals surface area contributed by atoms with Crippen LogP contribution in [0.1, 0.15) is 46.6 Å². The molecule has 208 valence electrons. The molecule has 1 amide bonds. The number of nitrogens with one attached hydrogen (secondary N) is 1. The number of alkyl halides is 3. The van der Waals surface area contributed by atoms with Crippen molar-refractivity contribution < 1.29 is 18.0 Å². The molecule has 0 aliphatic carbocycles. The van der Waals surface area contributed by atoms with Gasteiger partial charge in [-0.15, -0.1) is 0 Å². The van der Waals surface area contributed by atoms with E-state index in [4.69, 9.17) is 0 Å². The Morgan fingerprint density at radius 1 is 1.02 bits per heavy atom. The molecule has 0 radical (unpaired) electrons. The fraction of sp³-hybridized carbons (Fsp3) is 0.310. The highest BCUT2D eigenvalue weighted by Gasteiger charge is 2.31. The summed E-state index contributed by atoms with van der Waals surface area (Å²) in [4.78, 5) is 25.5. The van der Waals surface area contributed by atoms with Crippen molar-refractivity contribution in [2.45, 2.75) is 26.6 Å². The van der Waals surface area contributed by atoms with Gasteiger partial charge in [-0.05, 0) is 54.9 Å². The van der Waals surface area contributed by atoms with Crippen LogP contribution in [0.25, 0.3) is 5.65 Å². The predicted octanol–water partition coefficient (Wildman–Crippen LogP) is 4.57. The van der Waals surface area contributed by atoms with Gasteiger partial charge in [-0.2, -0.15) is 18.3 Å². The molecule has 1 fully saturated rings. The minimum Gasteiger partial charge on any atom is -0.322 e. The topological polar surface area (TPSA) is 78.7 Å². The molecule has 0 atom stereocenters. The third-order valence-corrected chi connectivity index (χ3v) is 6.19. The zero-order valence-electron chi connectivity index (χ0n) is 22.5. The van der Waals surface area contributed by atoms with E-state index in [9.17, 15) is 18.0 Å². The van der Waals surface area contributed by atoms with E-state index in [-0.39, 0.29) is 11.3 Å². The Morgan fingerprint density at radius 3 is 2.55 bits per heavy atom. The molecule has 4 heterocycles. The van der Waals surface area contributed by atoms with Gasteiger partial charge in [-0.1, -0.05) is 19.8 Å². The first-order valence-electron chi connectivity index (χ1n) is 12.9. The first-order valence-corrected chi connectivity index (χ1v) is 12.9. The normalized spacial score (nSPS) is 14.2. The maximum atomic E-state index is 13.6. The maximum Gasteiger partial charge on any atom is 0.416 e. The zero-order chi connectivity index (χ0) is 28.7. The molecule has 0 unspecified atom stereocenters. The van der Waals surface area contributed by atoms with Gasteiger partial charge in [0.15, 0.2) is 5.65 Å². The van der Waals surface area contributed by atoms with Gasteiger partial charge in [0.05, 0.1) is 17.3 Å². The molecule has 11 heteroatoms. The number of anilines is 1. The van der Waals surface area contributed by atoms with Crippen LogP contribution in [0, 0.1) is 11.8 Å². The first kappa shape index (κ1) is 28.7. The molecule has 0 bridgehead atoms. The Hall–Kier alpha value is -4.27. The number of nitrogens with zero attached hydrogens (tertiary/aromatic N) is 6. The molecule has 1 saturated heterocycles. The van der Waals surface area contributed by atoms with Gasteiger partial charge in [0.1, 0.15) is 5.69 Å². The average molecular weight is 550 g/mol. The first-order chi connectivity index (χ1) is 19.2. The van der Waals surface area contributed by atoms with Gasteiger partial charge in [0.2, 0.25) is 0 Å². The second-order valence-electron chi connectivity index (χ2n) is 9.10. The van der Waals surface area contributed by atoms with Crippen molar-refractivity contribution >= 4 is 17.2 Å². The number of hydrogen-bond donors (Lipinski definition) is 1. The van der Waals surface area contributed by atoms with Crippen molar-refractivity contribution in [3.05, 3.63) is 89.1 Å². The summed E-state index contributed by atoms with van der Waals surface area (Å²) >= 11 is 0. The monoisotopic (exact) mass is 549 g/mol. The Balaban J connectivity index is 0.00000181. The molecular formula is C29H30F3N7O. The molecule has 0 spiro atoms. The number of rotatable bonds is 4. The summed E-state index contributed by atoms with van der Waals surface area (Å²) in [5.41, 5.74) is 1.60. The summed E-state index contributed by atoms with van der Waals surface area (Å²) in [6.45, 7) is 7.59. The zero-order valence-corrected chi connectivity index (χ0v) is 22.5. The molecule has 0 saturated carbocycles. The summed E-state index contributed by atoms with van der Waals surface area (Å²) in [6, 6.07) is 8.77. The average Bonchev–Trinajstić information content (AvgIpc) is 3.37. The fourth-order valence-corrected chi connectivity index (χ4v) is 4.17. The summed E-state index contributed by atoms with van der Waals surface area (Å²) in [7, 11) is 2.02. The van der Waals surface area contributed by atoms with Crippen LogP contribution in [-0.4, -0.2) is 68.5 Å². The number of halogens is 3. The van der Waals surface area contributed by atoms with E-state index >= 15 is 0 Å². The van der Waals surface area contributed by atoms with Crippen molar-refractivity contribution in [2.24, 2.45) is 0 Å². The number of aromatic nitrogens is 4. The lowest BCUT2D eigenvalue weighted by molar-refractivity contribution is -0.137. The largest absolute Gasteiger partial charge is 0.416 e. The number of benzene rings is 1. The molecule has 1 aromatic carbocycles. The van der Waals surface area contributed by atoms with Gasteiger partial charge in [0, 0.05) is 62.6 Å². The van der Waals surface area contributed by atoms with E-state index in [1.54, 1.807) is 35.1 Å². The lowest BCUT2D eigenvalue weighted by Gasteiger charge is -2.32. The van der Waals surface area contributed by atoms with Crippen LogP contribution in [0.4, 0.5) is 18.9 Å². The third-order valence-electron chi connectivity index (χ3n) is 6.19. The second kappa shape index (κ2) is 12.7. The van der Waals surface area contributed by atoms with Crippen molar-refractivity contribution in [1.29, 1.82) is 0 Å². The lowest BCUT2D eigenvalue weighted by Crippen LogP contribution is -2.43. The van der Waals surface area contributed by atoms with Gasteiger partial charge < -0.3 is 10.2 Å². The molecule has 1 aliphatic rings. The highest BCUT2D eigenvalue weighted by atomic mass is 19.4. The predicted molar refractivity (Wildman–Crippen MR) is 147 cm³/mol. The number of piperazine rings is 1. The number of fused-ring (bicyclic) bond motifs is 1. The third kappa shape index (κ3) is 7.22. The SMILES string of the molecule is CC.CN1CCN(Cc2cc(NC(=O)c3cncc(C#Cc4cnc5cccnn45)c3)cc(C(F)(F)F)c2)CC1. The number of hydrogen-bond acceptors (Lipinski definition) is 6. The van der Waals surface area contributed by atoms with Gasteiger partial charge in [0.25, 0.3) is 5.91 Å². The van der Waals surface area contributed by atoms with Crippen molar-refractivity contribution in [2.75, 3.05) is 38.5 Å². The Bertz CT molecular complexity index is 1530.